The van der Waals surface area contributed by atoms with Gasteiger partial charge in [0.25, 0.3) is 6.29 Å². The largest absolute Gasteiger partial charge is 0.477 e. The lowest BCUT2D eigenvalue weighted by atomic mass is 10.0. The normalized spacial score (nSPS) is 12.7. The Bertz CT molecular complexity index is 1080. The molecule has 0 aliphatic rings. The van der Waals surface area contributed by atoms with Gasteiger partial charge in [-0.3, -0.25) is 9.59 Å². The van der Waals surface area contributed by atoms with Crippen LogP contribution in [0.5, 0.6) is 0 Å². The van der Waals surface area contributed by atoms with Crippen molar-refractivity contribution in [3.63, 3.8) is 0 Å². The Balaban J connectivity index is 4.17. The smallest absolute Gasteiger partial charge is 0.361 e. The third-order valence-electron chi connectivity index (χ3n) is 13.6. The zero-order valence-corrected chi connectivity index (χ0v) is 46.1. The Morgan fingerprint density at radius 1 is 0.382 bits per heavy atom. The van der Waals surface area contributed by atoms with Gasteiger partial charge in [-0.2, -0.15) is 0 Å². The molecule has 9 heteroatoms. The average molecular weight is 968 g/mol. The van der Waals surface area contributed by atoms with Crippen LogP contribution in [0.2, 0.25) is 0 Å². The van der Waals surface area contributed by atoms with Gasteiger partial charge in [0.05, 0.1) is 34.4 Å². The number of carbonyl (C=O) groups is 3. The van der Waals surface area contributed by atoms with Gasteiger partial charge in [-0.15, -0.1) is 0 Å². The molecule has 0 aromatic carbocycles. The fourth-order valence-electron chi connectivity index (χ4n) is 9.02. The van der Waals surface area contributed by atoms with E-state index >= 15 is 0 Å². The second-order valence-corrected chi connectivity index (χ2v) is 21.7. The van der Waals surface area contributed by atoms with Gasteiger partial charge in [0.2, 0.25) is 0 Å². The fraction of sp³-hybridized carbons (Fsp3) is 0.949. The Kier molecular flexibility index (Phi) is 50.3. The van der Waals surface area contributed by atoms with Crippen molar-refractivity contribution >= 4 is 17.9 Å². The van der Waals surface area contributed by atoms with E-state index in [2.05, 4.69) is 13.8 Å². The highest BCUT2D eigenvalue weighted by Gasteiger charge is 2.25. The number of rotatable bonds is 56. The topological polar surface area (TPSA) is 108 Å². The van der Waals surface area contributed by atoms with Crippen molar-refractivity contribution in [3.8, 4) is 0 Å². The lowest BCUT2D eigenvalue weighted by Gasteiger charge is -2.25. The zero-order chi connectivity index (χ0) is 49.9. The second-order valence-electron chi connectivity index (χ2n) is 21.7. The van der Waals surface area contributed by atoms with Crippen molar-refractivity contribution in [2.75, 3.05) is 47.5 Å². The van der Waals surface area contributed by atoms with Crippen molar-refractivity contribution in [3.05, 3.63) is 0 Å². The number of aliphatic carboxylic acids is 1. The van der Waals surface area contributed by atoms with Crippen LogP contribution in [0.25, 0.3) is 0 Å². The number of carboxylic acid groups (broad SMARTS) is 1. The zero-order valence-electron chi connectivity index (χ0n) is 46.1. The summed E-state index contributed by atoms with van der Waals surface area (Å²) in [6.45, 7) is 4.95. The van der Waals surface area contributed by atoms with E-state index in [0.717, 1.165) is 38.5 Å². The number of hydrogen-bond donors (Lipinski definition) is 1. The number of carboxylic acids is 1. The molecule has 0 aromatic rings. The van der Waals surface area contributed by atoms with E-state index in [-0.39, 0.29) is 38.2 Å². The van der Waals surface area contributed by atoms with E-state index < -0.39 is 18.4 Å². The highest BCUT2D eigenvalue weighted by atomic mass is 16.7. The van der Waals surface area contributed by atoms with Gasteiger partial charge in [-0.1, -0.05) is 277 Å². The van der Waals surface area contributed by atoms with Crippen LogP contribution in [-0.4, -0.2) is 87.4 Å². The molecule has 2 unspecified atom stereocenters. The van der Waals surface area contributed by atoms with Gasteiger partial charge in [0, 0.05) is 12.8 Å². The van der Waals surface area contributed by atoms with Crippen molar-refractivity contribution in [1.82, 2.24) is 0 Å². The maximum absolute atomic E-state index is 12.9. The molecule has 0 saturated carbocycles. The van der Waals surface area contributed by atoms with Crippen LogP contribution >= 0.6 is 0 Å². The van der Waals surface area contributed by atoms with Crippen LogP contribution in [-0.2, 0) is 33.3 Å². The molecule has 0 amide bonds. The Labute approximate surface area is 422 Å². The van der Waals surface area contributed by atoms with E-state index in [1.807, 2.05) is 21.1 Å². The van der Waals surface area contributed by atoms with E-state index in [1.165, 1.54) is 238 Å². The van der Waals surface area contributed by atoms with E-state index in [0.29, 0.717) is 17.4 Å². The molecule has 2 atom stereocenters. The van der Waals surface area contributed by atoms with E-state index in [9.17, 15) is 19.5 Å². The molecule has 0 bridgehead atoms. The first-order valence-electron chi connectivity index (χ1n) is 29.7. The number of likely N-dealkylation sites (N-methyl/N-ethyl adjacent to an activating group) is 1. The molecule has 9 nitrogen and oxygen atoms in total. The van der Waals surface area contributed by atoms with Crippen LogP contribution < -0.4 is 0 Å². The summed E-state index contributed by atoms with van der Waals surface area (Å²) in [4.78, 5) is 37.4. The summed E-state index contributed by atoms with van der Waals surface area (Å²) >= 11 is 0. The van der Waals surface area contributed by atoms with Gasteiger partial charge >= 0.3 is 17.9 Å². The summed E-state index contributed by atoms with van der Waals surface area (Å²) in [6, 6.07) is 0. The van der Waals surface area contributed by atoms with Crippen LogP contribution in [0.4, 0.5) is 0 Å². The molecule has 0 radical (unpaired) electrons. The van der Waals surface area contributed by atoms with E-state index in [4.69, 9.17) is 18.9 Å². The van der Waals surface area contributed by atoms with Crippen LogP contribution in [0.1, 0.15) is 303 Å². The average Bonchev–Trinajstić information content (AvgIpc) is 3.30. The molecule has 0 rings (SSSR count). The molecule has 0 heterocycles. The number of nitrogens with zero attached hydrogens (tertiary/aromatic N) is 1. The van der Waals surface area contributed by atoms with Crippen molar-refractivity contribution in [2.45, 2.75) is 315 Å². The lowest BCUT2D eigenvalue weighted by molar-refractivity contribution is -0.870. The SMILES string of the molecule is CCCCCCCCCCCCCCCCCCCCCCCCCCC(=O)OC(COC(=O)CCCCCCCCCCCCCCCCCCCCC)COC(OCC[N+](C)(C)C)C(=O)O. The fourth-order valence-corrected chi connectivity index (χ4v) is 9.02. The van der Waals surface area contributed by atoms with Crippen molar-refractivity contribution < 1.29 is 42.9 Å². The van der Waals surface area contributed by atoms with Crippen molar-refractivity contribution in [1.29, 1.82) is 0 Å². The number of hydrogen-bond acceptors (Lipinski definition) is 7. The minimum Gasteiger partial charge on any atom is -0.477 e. The van der Waals surface area contributed by atoms with Crippen LogP contribution in [0.3, 0.4) is 0 Å². The summed E-state index contributed by atoms with van der Waals surface area (Å²) in [5.41, 5.74) is 0. The summed E-state index contributed by atoms with van der Waals surface area (Å²) in [5, 5.41) is 9.70. The number of carbonyl (C=O) groups excluding carboxylic acids is 2. The third-order valence-corrected chi connectivity index (χ3v) is 13.6. The van der Waals surface area contributed by atoms with Crippen molar-refractivity contribution in [2.24, 2.45) is 0 Å². The third kappa shape index (κ3) is 52.1. The Morgan fingerprint density at radius 3 is 0.941 bits per heavy atom. The van der Waals surface area contributed by atoms with Gasteiger partial charge < -0.3 is 28.5 Å². The summed E-state index contributed by atoms with van der Waals surface area (Å²) in [7, 11) is 5.98. The molecule has 68 heavy (non-hydrogen) atoms. The van der Waals surface area contributed by atoms with Gasteiger partial charge in [0.1, 0.15) is 13.2 Å². The second kappa shape index (κ2) is 51.6. The predicted octanol–water partition coefficient (Wildman–Crippen LogP) is 17.2. The quantitative estimate of drug-likeness (QED) is 0.0278. The molecule has 0 aromatic heterocycles. The van der Waals surface area contributed by atoms with E-state index in [1.54, 1.807) is 0 Å². The van der Waals surface area contributed by atoms with Crippen LogP contribution in [0, 0.1) is 0 Å². The predicted molar refractivity (Wildman–Crippen MR) is 286 cm³/mol. The van der Waals surface area contributed by atoms with Gasteiger partial charge in [-0.25, -0.2) is 4.79 Å². The molecule has 404 valence electrons. The molecule has 0 spiro atoms. The molecular weight excluding hydrogens is 851 g/mol. The van der Waals surface area contributed by atoms with Gasteiger partial charge in [-0.05, 0) is 12.8 Å². The van der Waals surface area contributed by atoms with Gasteiger partial charge in [0.15, 0.2) is 6.10 Å². The molecule has 0 fully saturated rings. The number of esters is 2. The molecule has 0 aliphatic carbocycles. The highest BCUT2D eigenvalue weighted by molar-refractivity contribution is 5.71. The monoisotopic (exact) mass is 967 g/mol. The molecule has 0 saturated heterocycles. The number of ether oxygens (including phenoxy) is 4. The first-order chi connectivity index (χ1) is 33.1. The first kappa shape index (κ1) is 66.3. The molecular formula is C59H116NO8+. The molecule has 0 aliphatic heterocycles. The Morgan fingerprint density at radius 2 is 0.662 bits per heavy atom. The lowest BCUT2D eigenvalue weighted by Crippen LogP contribution is -2.40. The standard InChI is InChI=1S/C59H115NO8/c1-6-8-10-12-14-16-18-20-22-24-26-27-28-29-30-32-34-36-38-40-42-44-46-48-50-57(62)68-55(54-67-59(58(63)64)65-52-51-60(3,4)5)53-66-56(61)49-47-45-43-41-39-37-35-33-31-25-23-21-19-17-15-13-11-9-7-2/h55,59H,6-54H2,1-5H3/p+1. The first-order valence-corrected chi connectivity index (χ1v) is 29.7. The maximum atomic E-state index is 12.9. The summed E-state index contributed by atoms with van der Waals surface area (Å²) in [5.74, 6) is -1.97. The number of quaternary nitrogens is 1. The molecule has 1 N–H and O–H groups in total. The highest BCUT2D eigenvalue weighted by Crippen LogP contribution is 2.18. The minimum atomic E-state index is -1.50. The number of unbranched alkanes of at least 4 members (excludes halogenated alkanes) is 41. The van der Waals surface area contributed by atoms with Crippen LogP contribution in [0.15, 0.2) is 0 Å². The summed E-state index contributed by atoms with van der Waals surface area (Å²) in [6.07, 6.45) is 54.7. The maximum Gasteiger partial charge on any atom is 0.361 e. The Hall–Kier alpha value is -1.71. The summed E-state index contributed by atoms with van der Waals surface area (Å²) < 4.78 is 22.9. The minimum absolute atomic E-state index is 0.172.